The van der Waals surface area contributed by atoms with Crippen LogP contribution in [-0.2, 0) is 11.3 Å². The second kappa shape index (κ2) is 5.93. The molecular formula is C14H15N2O2+. The van der Waals surface area contributed by atoms with Crippen molar-refractivity contribution in [2.45, 2.75) is 6.54 Å². The Balaban J connectivity index is 2.09. The Morgan fingerprint density at radius 1 is 1.06 bits per heavy atom. The number of hydrogen-bond acceptors (Lipinski definition) is 2. The molecule has 0 spiro atoms. The van der Waals surface area contributed by atoms with Gasteiger partial charge in [-0.2, -0.15) is 4.57 Å². The molecule has 4 heteroatoms. The summed E-state index contributed by atoms with van der Waals surface area (Å²) in [4.78, 5) is 11.3. The number of aliphatic hydroxyl groups is 1. The summed E-state index contributed by atoms with van der Waals surface area (Å²) in [6.07, 6.45) is 3.69. The van der Waals surface area contributed by atoms with Crippen LogP contribution in [0, 0.1) is 0 Å². The van der Waals surface area contributed by atoms with Crippen LogP contribution in [-0.4, -0.2) is 17.7 Å². The van der Waals surface area contributed by atoms with Crippen molar-refractivity contribution in [1.29, 1.82) is 0 Å². The Morgan fingerprint density at radius 3 is 2.28 bits per heavy atom. The number of nitrogens with one attached hydrogen (secondary N) is 1. The summed E-state index contributed by atoms with van der Waals surface area (Å²) in [5.41, 5.74) is 2.25. The maximum absolute atomic E-state index is 11.3. The molecule has 18 heavy (non-hydrogen) atoms. The predicted octanol–water partition coefficient (Wildman–Crippen LogP) is 0.707. The molecule has 2 N–H and O–H groups in total. The van der Waals surface area contributed by atoms with Gasteiger partial charge in [0.15, 0.2) is 12.4 Å². The van der Waals surface area contributed by atoms with Crippen molar-refractivity contribution in [2.75, 3.05) is 6.73 Å². The molecule has 0 unspecified atom stereocenters. The second-order valence-electron chi connectivity index (χ2n) is 3.88. The van der Waals surface area contributed by atoms with Gasteiger partial charge in [-0.1, -0.05) is 30.3 Å². The summed E-state index contributed by atoms with van der Waals surface area (Å²) in [6, 6.07) is 14.0. The van der Waals surface area contributed by atoms with E-state index in [4.69, 9.17) is 5.11 Å². The van der Waals surface area contributed by atoms with Crippen molar-refractivity contribution in [2.24, 2.45) is 0 Å². The molecule has 2 aromatic rings. The Kier molecular flexibility index (Phi) is 4.04. The van der Waals surface area contributed by atoms with E-state index in [-0.39, 0.29) is 19.2 Å². The highest BCUT2D eigenvalue weighted by Gasteiger charge is 2.08. The predicted molar refractivity (Wildman–Crippen MR) is 67.3 cm³/mol. The van der Waals surface area contributed by atoms with Crippen molar-refractivity contribution in [3.05, 3.63) is 54.9 Å². The number of carbonyl (C=O) groups excluding carboxylic acids is 1. The van der Waals surface area contributed by atoms with Gasteiger partial charge in [-0.25, -0.2) is 0 Å². The van der Waals surface area contributed by atoms with Crippen molar-refractivity contribution in [3.63, 3.8) is 0 Å². The van der Waals surface area contributed by atoms with E-state index in [1.54, 1.807) is 4.57 Å². The molecule has 0 aliphatic heterocycles. The molecule has 0 fully saturated rings. The number of hydrogen-bond donors (Lipinski definition) is 2. The second-order valence-corrected chi connectivity index (χ2v) is 3.88. The minimum Gasteiger partial charge on any atom is -0.376 e. The first-order chi connectivity index (χ1) is 8.79. The van der Waals surface area contributed by atoms with Crippen molar-refractivity contribution in [1.82, 2.24) is 5.32 Å². The van der Waals surface area contributed by atoms with Gasteiger partial charge in [0.05, 0.1) is 0 Å². The van der Waals surface area contributed by atoms with Crippen molar-refractivity contribution < 1.29 is 14.5 Å². The molecule has 92 valence electrons. The quantitative estimate of drug-likeness (QED) is 0.613. The summed E-state index contributed by atoms with van der Waals surface area (Å²) in [7, 11) is 0. The number of aliphatic hydroxyl groups excluding tert-OH is 1. The highest BCUT2D eigenvalue weighted by molar-refractivity contribution is 5.74. The zero-order chi connectivity index (χ0) is 12.8. The smallest absolute Gasteiger partial charge is 0.287 e. The van der Waals surface area contributed by atoms with Crippen LogP contribution < -0.4 is 9.88 Å². The maximum atomic E-state index is 11.3. The highest BCUT2D eigenvalue weighted by atomic mass is 16.3. The molecule has 0 aliphatic rings. The van der Waals surface area contributed by atoms with E-state index in [0.29, 0.717) is 0 Å². The molecule has 0 saturated heterocycles. The third-order valence-corrected chi connectivity index (χ3v) is 2.60. The molecule has 1 aromatic heterocycles. The van der Waals surface area contributed by atoms with E-state index in [9.17, 15) is 4.79 Å². The molecule has 1 amide bonds. The lowest BCUT2D eigenvalue weighted by atomic mass is 10.1. The number of benzene rings is 1. The van der Waals surface area contributed by atoms with Crippen molar-refractivity contribution >= 4 is 5.91 Å². The number of nitrogens with zero attached hydrogens (tertiary/aromatic N) is 1. The lowest BCUT2D eigenvalue weighted by Gasteiger charge is -2.01. The third kappa shape index (κ3) is 3.15. The van der Waals surface area contributed by atoms with E-state index in [1.165, 1.54) is 0 Å². The first-order valence-corrected chi connectivity index (χ1v) is 5.71. The molecule has 0 bridgehead atoms. The van der Waals surface area contributed by atoms with Gasteiger partial charge in [-0.3, -0.25) is 4.79 Å². The molecular weight excluding hydrogens is 228 g/mol. The summed E-state index contributed by atoms with van der Waals surface area (Å²) in [5, 5.41) is 10.9. The number of pyridine rings is 1. The zero-order valence-electron chi connectivity index (χ0n) is 9.91. The maximum Gasteiger partial charge on any atom is 0.287 e. The monoisotopic (exact) mass is 243 g/mol. The first-order valence-electron chi connectivity index (χ1n) is 5.71. The van der Waals surface area contributed by atoms with Crippen LogP contribution in [0.15, 0.2) is 54.9 Å². The molecule has 1 heterocycles. The lowest BCUT2D eigenvalue weighted by molar-refractivity contribution is -0.684. The van der Waals surface area contributed by atoms with Gasteiger partial charge in [0.25, 0.3) is 5.91 Å². The average Bonchev–Trinajstić information content (AvgIpc) is 2.41. The molecule has 0 saturated carbocycles. The van der Waals surface area contributed by atoms with Crippen LogP contribution in [0.5, 0.6) is 0 Å². The van der Waals surface area contributed by atoms with Gasteiger partial charge >= 0.3 is 0 Å². The van der Waals surface area contributed by atoms with E-state index in [2.05, 4.69) is 5.32 Å². The largest absolute Gasteiger partial charge is 0.376 e. The minimum atomic E-state index is -0.332. The van der Waals surface area contributed by atoms with Crippen LogP contribution in [0.2, 0.25) is 0 Å². The average molecular weight is 243 g/mol. The van der Waals surface area contributed by atoms with Crippen LogP contribution in [0.4, 0.5) is 0 Å². The van der Waals surface area contributed by atoms with Crippen LogP contribution in [0.25, 0.3) is 11.1 Å². The minimum absolute atomic E-state index is 0.204. The summed E-state index contributed by atoms with van der Waals surface area (Å²) < 4.78 is 1.76. The van der Waals surface area contributed by atoms with Crippen LogP contribution in [0.3, 0.4) is 0 Å². The van der Waals surface area contributed by atoms with E-state index >= 15 is 0 Å². The fourth-order valence-electron chi connectivity index (χ4n) is 1.70. The van der Waals surface area contributed by atoms with Gasteiger partial charge in [0.2, 0.25) is 6.54 Å². The van der Waals surface area contributed by atoms with E-state index < -0.39 is 0 Å². The highest BCUT2D eigenvalue weighted by Crippen LogP contribution is 2.16. The van der Waals surface area contributed by atoms with Gasteiger partial charge in [-0.05, 0) is 11.1 Å². The van der Waals surface area contributed by atoms with Gasteiger partial charge in [0, 0.05) is 12.1 Å². The molecule has 4 nitrogen and oxygen atoms in total. The number of rotatable bonds is 4. The SMILES string of the molecule is O=C(C[n+]1ccc(-c2ccccc2)cc1)NCO. The Hall–Kier alpha value is -2.20. The Morgan fingerprint density at radius 2 is 1.67 bits per heavy atom. The third-order valence-electron chi connectivity index (χ3n) is 2.60. The Labute approximate surface area is 106 Å². The summed E-state index contributed by atoms with van der Waals surface area (Å²) in [6.45, 7) is -0.128. The first kappa shape index (κ1) is 12.3. The van der Waals surface area contributed by atoms with E-state index in [1.807, 2.05) is 54.9 Å². The number of carbonyl (C=O) groups is 1. The van der Waals surface area contributed by atoms with Gasteiger partial charge in [-0.15, -0.1) is 0 Å². The fourth-order valence-corrected chi connectivity index (χ4v) is 1.70. The molecule has 0 aliphatic carbocycles. The van der Waals surface area contributed by atoms with Crippen LogP contribution >= 0.6 is 0 Å². The molecule has 1 aromatic carbocycles. The standard InChI is InChI=1S/C14H14N2O2/c17-11-15-14(18)10-16-8-6-13(7-9-16)12-4-2-1-3-5-12/h1-9,17H,10-11H2/p+1. The molecule has 2 rings (SSSR count). The Bertz CT molecular complexity index is 509. The topological polar surface area (TPSA) is 53.2 Å². The molecule has 0 radical (unpaired) electrons. The normalized spacial score (nSPS) is 10.1. The van der Waals surface area contributed by atoms with E-state index in [0.717, 1.165) is 11.1 Å². The van der Waals surface area contributed by atoms with Gasteiger partial charge in [0.1, 0.15) is 6.73 Å². The fraction of sp³-hybridized carbons (Fsp3) is 0.143. The zero-order valence-corrected chi connectivity index (χ0v) is 9.91. The number of aromatic nitrogens is 1. The number of amides is 1. The van der Waals surface area contributed by atoms with Crippen molar-refractivity contribution in [3.8, 4) is 11.1 Å². The lowest BCUT2D eigenvalue weighted by Crippen LogP contribution is -2.42. The summed E-state index contributed by atoms with van der Waals surface area (Å²) >= 11 is 0. The van der Waals surface area contributed by atoms with Gasteiger partial charge < -0.3 is 10.4 Å². The van der Waals surface area contributed by atoms with Crippen LogP contribution in [0.1, 0.15) is 0 Å². The summed E-state index contributed by atoms with van der Waals surface area (Å²) in [5.74, 6) is -0.213. The molecule has 0 atom stereocenters.